The number of benzene rings is 1. The maximum Gasteiger partial charge on any atom is 4.00 e. The van der Waals surface area contributed by atoms with E-state index in [0.717, 1.165) is 11.1 Å². The second-order valence-corrected chi connectivity index (χ2v) is 7.21. The van der Waals surface area contributed by atoms with Crippen molar-refractivity contribution in [2.24, 2.45) is 0 Å². The number of hydrogen-bond donors (Lipinski definition) is 0. The van der Waals surface area contributed by atoms with E-state index >= 15 is 0 Å². The van der Waals surface area contributed by atoms with Crippen molar-refractivity contribution in [1.82, 2.24) is 4.57 Å². The Morgan fingerprint density at radius 1 is 0.931 bits per heavy atom. The summed E-state index contributed by atoms with van der Waals surface area (Å²) in [4.78, 5) is 0. The topological polar surface area (TPSA) is 28.7 Å². The Balaban J connectivity index is -0.000000181. The maximum atomic E-state index is 6.94. The molecule has 29 heavy (non-hydrogen) atoms. The van der Waals surface area contributed by atoms with Gasteiger partial charge in [0.1, 0.15) is 0 Å². The number of fused-ring (bicyclic) bond motifs is 1. The van der Waals surface area contributed by atoms with Crippen molar-refractivity contribution in [3.63, 3.8) is 0 Å². The molecule has 2 nitrogen and oxygen atoms in total. The minimum Gasteiger partial charge on any atom is -0.673 e. The van der Waals surface area contributed by atoms with E-state index in [9.17, 15) is 0 Å². The summed E-state index contributed by atoms with van der Waals surface area (Å²) in [6.45, 7) is 16.8. The third kappa shape index (κ3) is 14.2. The average Bonchev–Trinajstić information content (AvgIpc) is 3.15. The van der Waals surface area contributed by atoms with Gasteiger partial charge in [0.15, 0.2) is 0 Å². The van der Waals surface area contributed by atoms with Gasteiger partial charge in [-0.2, -0.15) is 0 Å². The minimum absolute atomic E-state index is 0. The van der Waals surface area contributed by atoms with Gasteiger partial charge in [-0.15, -0.1) is 46.6 Å². The first kappa shape index (κ1) is 35.0. The van der Waals surface area contributed by atoms with Crippen molar-refractivity contribution in [3.8, 4) is 5.69 Å². The molecule has 0 fully saturated rings. The molecule has 3 aromatic rings. The molecule has 3 rings (SSSR count). The van der Waals surface area contributed by atoms with Crippen LogP contribution in [-0.2, 0) is 21.7 Å². The Hall–Kier alpha value is -1.52. The van der Waals surface area contributed by atoms with E-state index in [-0.39, 0.29) is 53.1 Å². The normalized spacial score (nSPS) is 8.90. The van der Waals surface area contributed by atoms with Gasteiger partial charge in [-0.05, 0) is 38.4 Å². The number of hydrogen-bond acceptors (Lipinski definition) is 0. The molecule has 154 valence electrons. The molecule has 0 saturated heterocycles. The van der Waals surface area contributed by atoms with E-state index < -0.39 is 0 Å². The van der Waals surface area contributed by atoms with E-state index in [0.29, 0.717) is 0 Å². The molecule has 2 aromatic carbocycles. The number of nitrogens with one attached hydrogen (secondary N) is 1. The zero-order valence-corrected chi connectivity index (χ0v) is 21.7. The first-order valence-electron chi connectivity index (χ1n) is 8.44. The van der Waals surface area contributed by atoms with Gasteiger partial charge in [-0.25, -0.2) is 0 Å². The van der Waals surface area contributed by atoms with Crippen LogP contribution in [0.5, 0.6) is 0 Å². The fourth-order valence-corrected chi connectivity index (χ4v) is 1.85. The first-order chi connectivity index (χ1) is 11.6. The van der Waals surface area contributed by atoms with Crippen molar-refractivity contribution in [3.05, 3.63) is 106 Å². The monoisotopic (exact) mass is 440 g/mol. The zero-order valence-electron chi connectivity index (χ0n) is 19.1. The predicted molar refractivity (Wildman–Crippen MR) is 131 cm³/mol. The van der Waals surface area contributed by atoms with Crippen LogP contribution < -0.4 is 0 Å². The molecule has 0 unspecified atom stereocenters. The summed E-state index contributed by atoms with van der Waals surface area (Å²) in [5, 5.41) is 2.61. The number of aromatic nitrogens is 1. The van der Waals surface area contributed by atoms with Gasteiger partial charge in [-0.3, -0.25) is 0 Å². The van der Waals surface area contributed by atoms with Crippen LogP contribution in [0.3, 0.4) is 0 Å². The molecule has 4 radical (unpaired) electrons. The Morgan fingerprint density at radius 3 is 1.76 bits per heavy atom. The van der Waals surface area contributed by atoms with Gasteiger partial charge in [0, 0.05) is 11.0 Å². The largest absolute Gasteiger partial charge is 4.00 e. The van der Waals surface area contributed by atoms with E-state index in [2.05, 4.69) is 66.5 Å². The van der Waals surface area contributed by atoms with Crippen LogP contribution in [0.25, 0.3) is 22.2 Å². The SMILES string of the molecule is C=C(C)C(=C)C.CC(C)(C)[NH-].[CH3-].[CH3-].[Si].[Ti+4].c1ccc2c(-n3cccc3)c[cH-]c2c1. The number of rotatable bonds is 2. The van der Waals surface area contributed by atoms with Gasteiger partial charge >= 0.3 is 21.7 Å². The Morgan fingerprint density at radius 2 is 1.34 bits per heavy atom. The van der Waals surface area contributed by atoms with Crippen LogP contribution >= 0.6 is 0 Å². The Labute approximate surface area is 199 Å². The summed E-state index contributed by atoms with van der Waals surface area (Å²) in [6, 6.07) is 16.9. The van der Waals surface area contributed by atoms with E-state index in [1.54, 1.807) is 0 Å². The molecule has 0 amide bonds. The van der Waals surface area contributed by atoms with Crippen molar-refractivity contribution >= 4 is 21.7 Å². The summed E-state index contributed by atoms with van der Waals surface area (Å²) in [7, 11) is 0. The van der Waals surface area contributed by atoms with Gasteiger partial charge in [0.2, 0.25) is 0 Å². The molecule has 0 atom stereocenters. The van der Waals surface area contributed by atoms with Crippen molar-refractivity contribution in [2.75, 3.05) is 0 Å². The summed E-state index contributed by atoms with van der Waals surface area (Å²) >= 11 is 0. The molecule has 0 aliphatic heterocycles. The molecular formula is C25H36N2SiTi. The standard InChI is InChI=1S/C13H10N.C6H10.C4H10N.2CH3.Si.Ti/c1-2-6-12-11(5-1)7-8-13(12)14-9-3-4-10-14;1-5(2)6(3)4;1-4(2,3)5;;;;/h1-10H;1,3H2,2,4H3;5H,1-3H3;2*1H3;;/q-1;;3*-1;;+4. The molecular weight excluding hydrogens is 404 g/mol. The van der Waals surface area contributed by atoms with Crippen LogP contribution in [0.4, 0.5) is 0 Å². The second-order valence-electron chi connectivity index (χ2n) is 7.21. The van der Waals surface area contributed by atoms with Gasteiger partial charge in [-0.1, -0.05) is 56.8 Å². The summed E-state index contributed by atoms with van der Waals surface area (Å²) < 4.78 is 2.14. The van der Waals surface area contributed by atoms with Gasteiger partial charge in [0.25, 0.3) is 0 Å². The van der Waals surface area contributed by atoms with E-state index in [1.165, 1.54) is 16.5 Å². The molecule has 0 spiro atoms. The summed E-state index contributed by atoms with van der Waals surface area (Å²) in [5.41, 5.74) is 10.1. The van der Waals surface area contributed by atoms with Crippen LogP contribution in [0, 0.1) is 14.9 Å². The molecule has 0 saturated carbocycles. The van der Waals surface area contributed by atoms with Gasteiger partial charge < -0.3 is 25.2 Å². The summed E-state index contributed by atoms with van der Waals surface area (Å²) in [6.07, 6.45) is 4.14. The molecule has 4 heteroatoms. The smallest absolute Gasteiger partial charge is 0.673 e. The number of allylic oxidation sites excluding steroid dienone is 2. The fourth-order valence-electron chi connectivity index (χ4n) is 1.85. The number of nitrogens with zero attached hydrogens (tertiary/aromatic N) is 1. The van der Waals surface area contributed by atoms with Gasteiger partial charge in [0.05, 0.1) is 0 Å². The van der Waals surface area contributed by atoms with Crippen LogP contribution in [0.15, 0.2) is 85.2 Å². The molecule has 0 aliphatic rings. The summed E-state index contributed by atoms with van der Waals surface area (Å²) in [5.74, 6) is 0. The molecule has 1 aromatic heterocycles. The quantitative estimate of drug-likeness (QED) is 0.221. The minimum atomic E-state index is -0.250. The second kappa shape index (κ2) is 16.3. The molecule has 0 bridgehead atoms. The third-order valence-electron chi connectivity index (χ3n) is 3.27. The van der Waals surface area contributed by atoms with Crippen LogP contribution in [0.1, 0.15) is 34.6 Å². The zero-order chi connectivity index (χ0) is 19.0. The Kier molecular flexibility index (Phi) is 19.6. The van der Waals surface area contributed by atoms with Crippen molar-refractivity contribution < 1.29 is 21.7 Å². The molecule has 0 aliphatic carbocycles. The molecule has 1 N–H and O–H groups in total. The average molecular weight is 441 g/mol. The predicted octanol–water partition coefficient (Wildman–Crippen LogP) is 7.84. The fraction of sp³-hybridized carbons (Fsp3) is 0.240. The van der Waals surface area contributed by atoms with Crippen LogP contribution in [0.2, 0.25) is 0 Å². The van der Waals surface area contributed by atoms with Crippen molar-refractivity contribution in [2.45, 2.75) is 40.2 Å². The van der Waals surface area contributed by atoms with Crippen LogP contribution in [-0.4, -0.2) is 21.1 Å². The Bertz CT molecular complexity index is 791. The van der Waals surface area contributed by atoms with E-state index in [4.69, 9.17) is 5.73 Å². The van der Waals surface area contributed by atoms with Crippen molar-refractivity contribution in [1.29, 1.82) is 0 Å². The maximum absolute atomic E-state index is 6.94. The molecule has 1 heterocycles. The third-order valence-corrected chi connectivity index (χ3v) is 3.27. The first-order valence-corrected chi connectivity index (χ1v) is 8.44. The van der Waals surface area contributed by atoms with E-state index in [1.807, 2.05) is 46.8 Å².